The molecule has 0 radical (unpaired) electrons. The first kappa shape index (κ1) is 17.4. The molecule has 0 aromatic heterocycles. The van der Waals surface area contributed by atoms with Crippen LogP contribution in [-0.4, -0.2) is 44.7 Å². The number of carbonyl (C=O) groups is 2. The van der Waals surface area contributed by atoms with Gasteiger partial charge in [0.25, 0.3) is 11.8 Å². The zero-order chi connectivity index (χ0) is 18.8. The Kier molecular flexibility index (Phi) is 4.68. The lowest BCUT2D eigenvalue weighted by Crippen LogP contribution is -2.36. The second-order valence-corrected chi connectivity index (χ2v) is 6.60. The number of carbonyl (C=O) groups excluding carboxylic acids is 2. The van der Waals surface area contributed by atoms with E-state index in [-0.39, 0.29) is 18.4 Å². The lowest BCUT2D eigenvalue weighted by molar-refractivity contribution is -0.118. The summed E-state index contributed by atoms with van der Waals surface area (Å²) < 4.78 is 10.8. The van der Waals surface area contributed by atoms with Crippen LogP contribution in [0.3, 0.4) is 0 Å². The molecule has 2 amide bonds. The number of hydrogen-bond donors (Lipinski definition) is 2. The van der Waals surface area contributed by atoms with E-state index in [0.717, 1.165) is 43.2 Å². The quantitative estimate of drug-likeness (QED) is 0.871. The number of nitrogens with zero attached hydrogens (tertiary/aromatic N) is 1. The van der Waals surface area contributed by atoms with E-state index in [4.69, 9.17) is 9.47 Å². The van der Waals surface area contributed by atoms with Gasteiger partial charge in [0.05, 0.1) is 18.9 Å². The van der Waals surface area contributed by atoms with E-state index in [1.807, 2.05) is 19.1 Å². The van der Waals surface area contributed by atoms with Crippen molar-refractivity contribution in [2.45, 2.75) is 6.92 Å². The summed E-state index contributed by atoms with van der Waals surface area (Å²) in [5, 5.41) is 5.66. The molecule has 0 bridgehead atoms. The van der Waals surface area contributed by atoms with Crippen LogP contribution < -0.4 is 20.3 Å². The number of morpholine rings is 1. The Morgan fingerprint density at radius 2 is 1.96 bits per heavy atom. The Bertz CT molecular complexity index is 891. The highest BCUT2D eigenvalue weighted by Gasteiger charge is 2.18. The van der Waals surface area contributed by atoms with Gasteiger partial charge in [-0.3, -0.25) is 9.59 Å². The molecule has 2 aromatic carbocycles. The van der Waals surface area contributed by atoms with E-state index in [1.54, 1.807) is 18.2 Å². The molecule has 0 aliphatic carbocycles. The van der Waals surface area contributed by atoms with Crippen molar-refractivity contribution < 1.29 is 19.1 Å². The van der Waals surface area contributed by atoms with E-state index in [2.05, 4.69) is 21.6 Å². The average Bonchev–Trinajstić information content (AvgIpc) is 2.69. The molecule has 2 aromatic rings. The highest BCUT2D eigenvalue weighted by Crippen LogP contribution is 2.29. The first-order valence-corrected chi connectivity index (χ1v) is 8.91. The first-order chi connectivity index (χ1) is 13.1. The third-order valence-electron chi connectivity index (χ3n) is 4.71. The summed E-state index contributed by atoms with van der Waals surface area (Å²) in [4.78, 5) is 26.2. The van der Waals surface area contributed by atoms with Gasteiger partial charge in [-0.25, -0.2) is 0 Å². The molecule has 0 saturated carbocycles. The van der Waals surface area contributed by atoms with E-state index < -0.39 is 0 Å². The molecule has 1 fully saturated rings. The summed E-state index contributed by atoms with van der Waals surface area (Å²) in [5.41, 5.74) is 3.94. The molecule has 1 saturated heterocycles. The SMILES string of the molecule is Cc1cc(N2CCOCC2)ccc1NC(=O)c1ccc2c(c1)OCC(=O)N2. The van der Waals surface area contributed by atoms with Crippen molar-refractivity contribution in [3.8, 4) is 5.75 Å². The maximum absolute atomic E-state index is 12.6. The van der Waals surface area contributed by atoms with Crippen molar-refractivity contribution in [1.82, 2.24) is 0 Å². The van der Waals surface area contributed by atoms with Gasteiger partial charge in [0.15, 0.2) is 6.61 Å². The maximum Gasteiger partial charge on any atom is 0.262 e. The molecule has 4 rings (SSSR count). The Labute approximate surface area is 157 Å². The van der Waals surface area contributed by atoms with Gasteiger partial charge in [-0.15, -0.1) is 0 Å². The molecule has 140 valence electrons. The number of anilines is 3. The molecule has 2 heterocycles. The third-order valence-corrected chi connectivity index (χ3v) is 4.71. The van der Waals surface area contributed by atoms with Crippen LogP contribution in [0, 0.1) is 6.92 Å². The van der Waals surface area contributed by atoms with E-state index in [9.17, 15) is 9.59 Å². The van der Waals surface area contributed by atoms with Gasteiger partial charge in [0, 0.05) is 30.0 Å². The molecule has 2 aliphatic heterocycles. The molecule has 27 heavy (non-hydrogen) atoms. The van der Waals surface area contributed by atoms with Crippen molar-refractivity contribution >= 4 is 28.9 Å². The summed E-state index contributed by atoms with van der Waals surface area (Å²) >= 11 is 0. The highest BCUT2D eigenvalue weighted by molar-refractivity contribution is 6.06. The number of rotatable bonds is 3. The number of aryl methyl sites for hydroxylation is 1. The van der Waals surface area contributed by atoms with Crippen LogP contribution >= 0.6 is 0 Å². The maximum atomic E-state index is 12.6. The fourth-order valence-corrected chi connectivity index (χ4v) is 3.22. The Balaban J connectivity index is 1.48. The zero-order valence-electron chi connectivity index (χ0n) is 15.1. The lowest BCUT2D eigenvalue weighted by atomic mass is 10.1. The number of hydrogen-bond acceptors (Lipinski definition) is 5. The van der Waals surface area contributed by atoms with Crippen LogP contribution in [0.25, 0.3) is 0 Å². The summed E-state index contributed by atoms with van der Waals surface area (Å²) in [6.07, 6.45) is 0. The Morgan fingerprint density at radius 3 is 2.74 bits per heavy atom. The van der Waals surface area contributed by atoms with Crippen LogP contribution in [0.2, 0.25) is 0 Å². The zero-order valence-corrected chi connectivity index (χ0v) is 15.1. The smallest absolute Gasteiger partial charge is 0.262 e. The van der Waals surface area contributed by atoms with Gasteiger partial charge in [-0.2, -0.15) is 0 Å². The number of benzene rings is 2. The third kappa shape index (κ3) is 3.73. The number of nitrogens with one attached hydrogen (secondary N) is 2. The molecule has 0 spiro atoms. The van der Waals surface area contributed by atoms with Crippen LogP contribution in [-0.2, 0) is 9.53 Å². The van der Waals surface area contributed by atoms with E-state index >= 15 is 0 Å². The molecule has 7 heteroatoms. The van der Waals surface area contributed by atoms with Gasteiger partial charge < -0.3 is 25.0 Å². The van der Waals surface area contributed by atoms with Gasteiger partial charge in [-0.05, 0) is 48.9 Å². The fourth-order valence-electron chi connectivity index (χ4n) is 3.22. The lowest BCUT2D eigenvalue weighted by Gasteiger charge is -2.29. The van der Waals surface area contributed by atoms with Gasteiger partial charge in [-0.1, -0.05) is 0 Å². The average molecular weight is 367 g/mol. The molecule has 0 unspecified atom stereocenters. The molecule has 0 atom stereocenters. The minimum Gasteiger partial charge on any atom is -0.482 e. The predicted octanol–water partition coefficient (Wildman–Crippen LogP) is 2.41. The van der Waals surface area contributed by atoms with Crippen LogP contribution in [0.4, 0.5) is 17.1 Å². The number of fused-ring (bicyclic) bond motifs is 1. The topological polar surface area (TPSA) is 79.9 Å². The molecule has 7 nitrogen and oxygen atoms in total. The molecular weight excluding hydrogens is 346 g/mol. The van der Waals surface area contributed by atoms with Gasteiger partial charge in [0.1, 0.15) is 5.75 Å². The van der Waals surface area contributed by atoms with Crippen molar-refractivity contribution in [3.05, 3.63) is 47.5 Å². The Morgan fingerprint density at radius 1 is 1.15 bits per heavy atom. The molecule has 2 N–H and O–H groups in total. The first-order valence-electron chi connectivity index (χ1n) is 8.91. The van der Waals surface area contributed by atoms with Crippen molar-refractivity contribution in [2.75, 3.05) is 48.4 Å². The van der Waals surface area contributed by atoms with Crippen LogP contribution in [0.1, 0.15) is 15.9 Å². The van der Waals surface area contributed by atoms with Gasteiger partial charge >= 0.3 is 0 Å². The molecule has 2 aliphatic rings. The summed E-state index contributed by atoms with van der Waals surface area (Å²) in [5.74, 6) is 0.0813. The minimum atomic E-state index is -0.222. The number of amides is 2. The Hall–Kier alpha value is -3.06. The fraction of sp³-hybridized carbons (Fsp3) is 0.300. The highest BCUT2D eigenvalue weighted by atomic mass is 16.5. The second kappa shape index (κ2) is 7.28. The van der Waals surface area contributed by atoms with Crippen LogP contribution in [0.15, 0.2) is 36.4 Å². The van der Waals surface area contributed by atoms with Crippen molar-refractivity contribution in [3.63, 3.8) is 0 Å². The minimum absolute atomic E-state index is 0.0415. The normalized spacial score (nSPS) is 16.2. The largest absolute Gasteiger partial charge is 0.482 e. The monoisotopic (exact) mass is 367 g/mol. The second-order valence-electron chi connectivity index (χ2n) is 6.60. The van der Waals surface area contributed by atoms with Crippen molar-refractivity contribution in [1.29, 1.82) is 0 Å². The summed E-state index contributed by atoms with van der Waals surface area (Å²) in [6, 6.07) is 11.0. The van der Waals surface area contributed by atoms with Gasteiger partial charge in [0.2, 0.25) is 0 Å². The van der Waals surface area contributed by atoms with Crippen molar-refractivity contribution in [2.24, 2.45) is 0 Å². The summed E-state index contributed by atoms with van der Waals surface area (Å²) in [6.45, 7) is 5.15. The van der Waals surface area contributed by atoms with E-state index in [1.165, 1.54) is 0 Å². The van der Waals surface area contributed by atoms with E-state index in [0.29, 0.717) is 17.0 Å². The molecular formula is C20H21N3O4. The number of ether oxygens (including phenoxy) is 2. The predicted molar refractivity (Wildman–Crippen MR) is 103 cm³/mol. The standard InChI is InChI=1S/C20H21N3O4/c1-13-10-15(23-6-8-26-9-7-23)3-5-16(13)22-20(25)14-2-4-17-18(11-14)27-12-19(24)21-17/h2-5,10-11H,6-9,12H2,1H3,(H,21,24)(H,22,25). The summed E-state index contributed by atoms with van der Waals surface area (Å²) in [7, 11) is 0. The van der Waals surface area contributed by atoms with Crippen LogP contribution in [0.5, 0.6) is 5.75 Å².